The Labute approximate surface area is 133 Å². The van der Waals surface area contributed by atoms with E-state index in [2.05, 4.69) is 40.0 Å². The van der Waals surface area contributed by atoms with Crippen LogP contribution in [0.4, 0.5) is 5.69 Å². The van der Waals surface area contributed by atoms with Crippen LogP contribution in [0.25, 0.3) is 0 Å². The number of amides is 1. The molecule has 0 aliphatic rings. The predicted molar refractivity (Wildman–Crippen MR) is 90.6 cm³/mol. The van der Waals surface area contributed by atoms with Crippen molar-refractivity contribution in [1.82, 2.24) is 4.90 Å². The second-order valence-corrected chi connectivity index (χ2v) is 5.96. The summed E-state index contributed by atoms with van der Waals surface area (Å²) in [7, 11) is 1.94. The van der Waals surface area contributed by atoms with Gasteiger partial charge in [0.25, 0.3) is 0 Å². The number of nitrogens with zero attached hydrogens (tertiary/aromatic N) is 1. The topological polar surface area (TPSA) is 32.3 Å². The summed E-state index contributed by atoms with van der Waals surface area (Å²) in [6, 6.07) is 17.9. The molecule has 0 fully saturated rings. The number of nitrogens with one attached hydrogen (secondary N) is 1. The van der Waals surface area contributed by atoms with Gasteiger partial charge in [0.05, 0.1) is 6.54 Å². The molecule has 0 saturated carbocycles. The van der Waals surface area contributed by atoms with E-state index in [0.717, 1.165) is 15.8 Å². The summed E-state index contributed by atoms with van der Waals surface area (Å²) >= 11 is 2.24. The summed E-state index contributed by atoms with van der Waals surface area (Å²) in [5.74, 6) is 0.00430. The van der Waals surface area contributed by atoms with E-state index in [1.807, 2.05) is 54.4 Å². The maximum absolute atomic E-state index is 11.9. The normalized spacial score (nSPS) is 10.6. The fourth-order valence-corrected chi connectivity index (χ4v) is 2.29. The Morgan fingerprint density at radius 2 is 1.75 bits per heavy atom. The highest BCUT2D eigenvalue weighted by Crippen LogP contribution is 2.11. The molecule has 3 nitrogen and oxygen atoms in total. The number of hydrogen-bond acceptors (Lipinski definition) is 2. The van der Waals surface area contributed by atoms with Crippen molar-refractivity contribution in [2.24, 2.45) is 0 Å². The van der Waals surface area contributed by atoms with Crippen LogP contribution < -0.4 is 5.32 Å². The summed E-state index contributed by atoms with van der Waals surface area (Å²) in [5, 5.41) is 2.90. The van der Waals surface area contributed by atoms with Gasteiger partial charge in [0, 0.05) is 15.8 Å². The highest BCUT2D eigenvalue weighted by Gasteiger charge is 2.07. The van der Waals surface area contributed by atoms with Crippen LogP contribution in [0.5, 0.6) is 0 Å². The van der Waals surface area contributed by atoms with Crippen molar-refractivity contribution < 1.29 is 4.79 Å². The van der Waals surface area contributed by atoms with Crippen LogP contribution in [0, 0.1) is 3.57 Å². The quantitative estimate of drug-likeness (QED) is 0.807. The minimum atomic E-state index is 0.00430. The van der Waals surface area contributed by atoms with Gasteiger partial charge in [-0.2, -0.15) is 0 Å². The first kappa shape index (κ1) is 15.0. The average molecular weight is 380 g/mol. The maximum Gasteiger partial charge on any atom is 0.238 e. The van der Waals surface area contributed by atoms with Gasteiger partial charge in [0.2, 0.25) is 5.91 Å². The molecule has 1 amide bonds. The van der Waals surface area contributed by atoms with Gasteiger partial charge >= 0.3 is 0 Å². The fourth-order valence-electron chi connectivity index (χ4n) is 1.93. The molecule has 4 heteroatoms. The van der Waals surface area contributed by atoms with Crippen molar-refractivity contribution in [3.63, 3.8) is 0 Å². The molecule has 0 aromatic heterocycles. The molecule has 2 aromatic rings. The van der Waals surface area contributed by atoms with Crippen molar-refractivity contribution >= 4 is 34.2 Å². The minimum absolute atomic E-state index is 0.00430. The monoisotopic (exact) mass is 380 g/mol. The van der Waals surface area contributed by atoms with E-state index in [1.54, 1.807) is 0 Å². The van der Waals surface area contributed by atoms with E-state index >= 15 is 0 Å². The van der Waals surface area contributed by atoms with Gasteiger partial charge in [0.1, 0.15) is 0 Å². The Morgan fingerprint density at radius 1 is 1.10 bits per heavy atom. The van der Waals surface area contributed by atoms with Gasteiger partial charge < -0.3 is 5.32 Å². The second kappa shape index (κ2) is 7.40. The number of rotatable bonds is 5. The first-order chi connectivity index (χ1) is 9.63. The van der Waals surface area contributed by atoms with Gasteiger partial charge in [-0.25, -0.2) is 0 Å². The molecule has 104 valence electrons. The summed E-state index contributed by atoms with van der Waals surface area (Å²) in [6.07, 6.45) is 0. The SMILES string of the molecule is CN(CC(=O)Nc1ccc(I)cc1)Cc1ccccc1. The molecule has 20 heavy (non-hydrogen) atoms. The van der Waals surface area contributed by atoms with Crippen molar-refractivity contribution in [2.75, 3.05) is 18.9 Å². The molecule has 0 aliphatic carbocycles. The standard InChI is InChI=1S/C16H17IN2O/c1-19(11-13-5-3-2-4-6-13)12-16(20)18-15-9-7-14(17)8-10-15/h2-10H,11-12H2,1H3,(H,18,20). The first-order valence-electron chi connectivity index (χ1n) is 6.41. The van der Waals surface area contributed by atoms with Gasteiger partial charge in [-0.05, 0) is 59.5 Å². The minimum Gasteiger partial charge on any atom is -0.325 e. The number of benzene rings is 2. The second-order valence-electron chi connectivity index (χ2n) is 4.71. The van der Waals surface area contributed by atoms with E-state index in [0.29, 0.717) is 6.54 Å². The van der Waals surface area contributed by atoms with Gasteiger partial charge in [-0.1, -0.05) is 30.3 Å². The zero-order valence-electron chi connectivity index (χ0n) is 11.3. The Balaban J connectivity index is 1.83. The van der Waals surface area contributed by atoms with E-state index in [-0.39, 0.29) is 5.91 Å². The molecule has 1 N–H and O–H groups in total. The molecule has 0 aliphatic heterocycles. The summed E-state index contributed by atoms with van der Waals surface area (Å²) in [6.45, 7) is 1.14. The van der Waals surface area contributed by atoms with E-state index in [1.165, 1.54) is 5.56 Å². The highest BCUT2D eigenvalue weighted by atomic mass is 127. The third-order valence-corrected chi connectivity index (χ3v) is 3.56. The van der Waals surface area contributed by atoms with Crippen molar-refractivity contribution in [3.05, 3.63) is 63.7 Å². The molecule has 2 aromatic carbocycles. The molecule has 0 saturated heterocycles. The van der Waals surface area contributed by atoms with E-state index in [9.17, 15) is 4.79 Å². The third kappa shape index (κ3) is 4.94. The zero-order chi connectivity index (χ0) is 14.4. The summed E-state index contributed by atoms with van der Waals surface area (Å²) in [5.41, 5.74) is 2.04. The summed E-state index contributed by atoms with van der Waals surface area (Å²) in [4.78, 5) is 13.9. The van der Waals surface area contributed by atoms with Crippen molar-refractivity contribution in [3.8, 4) is 0 Å². The number of halogens is 1. The smallest absolute Gasteiger partial charge is 0.238 e. The number of carbonyl (C=O) groups excluding carboxylic acids is 1. The maximum atomic E-state index is 11.9. The van der Waals surface area contributed by atoms with E-state index in [4.69, 9.17) is 0 Å². The third-order valence-electron chi connectivity index (χ3n) is 2.84. The van der Waals surface area contributed by atoms with Crippen LogP contribution >= 0.6 is 22.6 Å². The molecule has 0 atom stereocenters. The average Bonchev–Trinajstić information content (AvgIpc) is 2.42. The molecule has 0 unspecified atom stereocenters. The largest absolute Gasteiger partial charge is 0.325 e. The van der Waals surface area contributed by atoms with E-state index < -0.39 is 0 Å². The van der Waals surface area contributed by atoms with Crippen LogP contribution in [-0.4, -0.2) is 24.4 Å². The summed E-state index contributed by atoms with van der Waals surface area (Å²) < 4.78 is 1.15. The molecule has 0 spiro atoms. The molecule has 0 bridgehead atoms. The number of likely N-dealkylation sites (N-methyl/N-ethyl adjacent to an activating group) is 1. The lowest BCUT2D eigenvalue weighted by Gasteiger charge is -2.16. The predicted octanol–water partition coefficient (Wildman–Crippen LogP) is 3.36. The van der Waals surface area contributed by atoms with Crippen LogP contribution in [0.15, 0.2) is 54.6 Å². The molecule has 2 rings (SSSR count). The van der Waals surface area contributed by atoms with Crippen LogP contribution in [0.3, 0.4) is 0 Å². The van der Waals surface area contributed by atoms with Crippen molar-refractivity contribution in [1.29, 1.82) is 0 Å². The van der Waals surface area contributed by atoms with Crippen LogP contribution in [0.2, 0.25) is 0 Å². The molecule has 0 radical (unpaired) electrons. The Hall–Kier alpha value is -1.40. The Morgan fingerprint density at radius 3 is 2.40 bits per heavy atom. The van der Waals surface area contributed by atoms with Crippen LogP contribution in [-0.2, 0) is 11.3 Å². The Bertz CT molecular complexity index is 554. The van der Waals surface area contributed by atoms with Gasteiger partial charge in [-0.15, -0.1) is 0 Å². The fraction of sp³-hybridized carbons (Fsp3) is 0.188. The number of carbonyl (C=O) groups is 1. The Kier molecular flexibility index (Phi) is 5.55. The lowest BCUT2D eigenvalue weighted by atomic mass is 10.2. The first-order valence-corrected chi connectivity index (χ1v) is 7.49. The lowest BCUT2D eigenvalue weighted by Crippen LogP contribution is -2.29. The van der Waals surface area contributed by atoms with Crippen LogP contribution in [0.1, 0.15) is 5.56 Å². The lowest BCUT2D eigenvalue weighted by molar-refractivity contribution is -0.117. The van der Waals surface area contributed by atoms with Gasteiger partial charge in [-0.3, -0.25) is 9.69 Å². The molecular formula is C16H17IN2O. The van der Waals surface area contributed by atoms with Gasteiger partial charge in [0.15, 0.2) is 0 Å². The van der Waals surface area contributed by atoms with Crippen molar-refractivity contribution in [2.45, 2.75) is 6.54 Å². The molecule has 0 heterocycles. The number of anilines is 1. The zero-order valence-corrected chi connectivity index (χ0v) is 13.5. The highest BCUT2D eigenvalue weighted by molar-refractivity contribution is 14.1. The number of hydrogen-bond donors (Lipinski definition) is 1. The molecular weight excluding hydrogens is 363 g/mol.